The van der Waals surface area contributed by atoms with Gasteiger partial charge in [-0.2, -0.15) is 5.10 Å². The zero-order valence-corrected chi connectivity index (χ0v) is 6.85. The molecule has 1 aliphatic rings. The van der Waals surface area contributed by atoms with E-state index in [1.54, 1.807) is 0 Å². The average molecular weight is 182 g/mol. The van der Waals surface area contributed by atoms with Crippen LogP contribution in [0.2, 0.25) is 0 Å². The van der Waals surface area contributed by atoms with E-state index >= 15 is 0 Å². The Morgan fingerprint density at radius 2 is 2.15 bits per heavy atom. The zero-order chi connectivity index (χ0) is 9.26. The highest BCUT2D eigenvalue weighted by molar-refractivity contribution is 6.01. The molecule has 0 unspecified atom stereocenters. The number of rotatable bonds is 1. The summed E-state index contributed by atoms with van der Waals surface area (Å²) in [6, 6.07) is 3.38. The van der Waals surface area contributed by atoms with Crippen molar-refractivity contribution in [3.05, 3.63) is 35.4 Å². The Morgan fingerprint density at radius 3 is 2.85 bits per heavy atom. The van der Waals surface area contributed by atoms with Crippen LogP contribution in [0.1, 0.15) is 12.0 Å². The summed E-state index contributed by atoms with van der Waals surface area (Å²) in [5, 5.41) is 3.87. The Bertz CT molecular complexity index is 361. The average Bonchev–Trinajstić information content (AvgIpc) is 2.61. The fraction of sp³-hybridized carbons (Fsp3) is 0.222. The molecule has 13 heavy (non-hydrogen) atoms. The number of nitrogens with one attached hydrogen (secondary N) is 1. The second-order valence-electron chi connectivity index (χ2n) is 2.84. The summed E-state index contributed by atoms with van der Waals surface area (Å²) in [5.74, 6) is -0.866. The van der Waals surface area contributed by atoms with E-state index in [2.05, 4.69) is 10.5 Å². The van der Waals surface area contributed by atoms with Gasteiger partial charge in [0.25, 0.3) is 0 Å². The lowest BCUT2D eigenvalue weighted by atomic mass is 10.1. The smallest absolute Gasteiger partial charge is 0.132 e. The van der Waals surface area contributed by atoms with Gasteiger partial charge in [-0.3, -0.25) is 0 Å². The van der Waals surface area contributed by atoms with Crippen LogP contribution in [0.15, 0.2) is 23.3 Å². The Kier molecular flexibility index (Phi) is 1.96. The van der Waals surface area contributed by atoms with Gasteiger partial charge in [0.2, 0.25) is 0 Å². The summed E-state index contributed by atoms with van der Waals surface area (Å²) >= 11 is 0. The monoisotopic (exact) mass is 182 g/mol. The van der Waals surface area contributed by atoms with Crippen LogP contribution in [0.3, 0.4) is 0 Å². The second kappa shape index (κ2) is 3.12. The molecule has 2 nitrogen and oxygen atoms in total. The first-order valence-corrected chi connectivity index (χ1v) is 4.02. The lowest BCUT2D eigenvalue weighted by Crippen LogP contribution is -2.01. The summed E-state index contributed by atoms with van der Waals surface area (Å²) in [7, 11) is 0. The SMILES string of the molecule is Fc1ccc(F)c(C2=NNCC2)c1. The quantitative estimate of drug-likeness (QED) is 0.701. The number of hydrogen-bond acceptors (Lipinski definition) is 2. The van der Waals surface area contributed by atoms with Crippen molar-refractivity contribution < 1.29 is 8.78 Å². The molecule has 0 spiro atoms. The summed E-state index contributed by atoms with van der Waals surface area (Å²) < 4.78 is 25.9. The predicted molar refractivity (Wildman–Crippen MR) is 45.5 cm³/mol. The Labute approximate surface area is 74.3 Å². The summed E-state index contributed by atoms with van der Waals surface area (Å²) in [6.45, 7) is 0.686. The molecular formula is C9H8F2N2. The molecule has 1 aliphatic heterocycles. The zero-order valence-electron chi connectivity index (χ0n) is 6.85. The second-order valence-corrected chi connectivity index (χ2v) is 2.84. The van der Waals surface area contributed by atoms with Gasteiger partial charge < -0.3 is 5.43 Å². The molecule has 68 valence electrons. The summed E-state index contributed by atoms with van der Waals surface area (Å²) in [5.41, 5.74) is 3.55. The van der Waals surface area contributed by atoms with Crippen molar-refractivity contribution in [2.45, 2.75) is 6.42 Å². The number of halogens is 2. The van der Waals surface area contributed by atoms with E-state index in [1.165, 1.54) is 6.07 Å². The van der Waals surface area contributed by atoms with Gasteiger partial charge in [-0.25, -0.2) is 8.78 Å². The molecule has 0 bridgehead atoms. The van der Waals surface area contributed by atoms with Crippen molar-refractivity contribution in [2.24, 2.45) is 5.10 Å². The highest BCUT2D eigenvalue weighted by Gasteiger charge is 2.13. The van der Waals surface area contributed by atoms with Crippen LogP contribution in [0.4, 0.5) is 8.78 Å². The van der Waals surface area contributed by atoms with E-state index in [4.69, 9.17) is 0 Å². The molecule has 0 aliphatic carbocycles. The summed E-state index contributed by atoms with van der Waals surface area (Å²) in [4.78, 5) is 0. The van der Waals surface area contributed by atoms with Gasteiger partial charge in [0.1, 0.15) is 11.6 Å². The number of benzene rings is 1. The maximum atomic E-state index is 13.1. The first kappa shape index (κ1) is 8.16. The van der Waals surface area contributed by atoms with Crippen molar-refractivity contribution in [3.63, 3.8) is 0 Å². The minimum absolute atomic E-state index is 0.255. The lowest BCUT2D eigenvalue weighted by molar-refractivity contribution is 0.598. The van der Waals surface area contributed by atoms with Crippen LogP contribution in [-0.4, -0.2) is 12.3 Å². The third-order valence-electron chi connectivity index (χ3n) is 1.93. The van der Waals surface area contributed by atoms with E-state index < -0.39 is 11.6 Å². The van der Waals surface area contributed by atoms with E-state index in [1.807, 2.05) is 0 Å². The minimum atomic E-state index is -0.439. The van der Waals surface area contributed by atoms with Crippen molar-refractivity contribution >= 4 is 5.71 Å². The fourth-order valence-corrected chi connectivity index (χ4v) is 1.30. The van der Waals surface area contributed by atoms with Crippen molar-refractivity contribution in [1.82, 2.24) is 5.43 Å². The molecule has 0 fully saturated rings. The maximum Gasteiger partial charge on any atom is 0.132 e. The largest absolute Gasteiger partial charge is 0.309 e. The fourth-order valence-electron chi connectivity index (χ4n) is 1.30. The first-order chi connectivity index (χ1) is 6.27. The maximum absolute atomic E-state index is 13.1. The molecule has 1 heterocycles. The molecule has 1 N–H and O–H groups in total. The standard InChI is InChI=1S/C9H8F2N2/c10-6-1-2-8(11)7(5-6)9-3-4-12-13-9/h1-2,5,12H,3-4H2. The van der Waals surface area contributed by atoms with Gasteiger partial charge in [-0.15, -0.1) is 0 Å². The molecule has 0 saturated carbocycles. The van der Waals surface area contributed by atoms with E-state index in [9.17, 15) is 8.78 Å². The van der Waals surface area contributed by atoms with Gasteiger partial charge in [0.05, 0.1) is 5.71 Å². The van der Waals surface area contributed by atoms with Gasteiger partial charge in [0, 0.05) is 18.5 Å². The molecule has 0 saturated heterocycles. The van der Waals surface area contributed by atoms with Gasteiger partial charge >= 0.3 is 0 Å². The normalized spacial score (nSPS) is 15.4. The van der Waals surface area contributed by atoms with E-state index in [0.717, 1.165) is 12.1 Å². The number of nitrogens with zero attached hydrogens (tertiary/aromatic N) is 1. The van der Waals surface area contributed by atoms with Crippen LogP contribution in [0.25, 0.3) is 0 Å². The molecular weight excluding hydrogens is 174 g/mol. The van der Waals surface area contributed by atoms with Crippen LogP contribution in [0.5, 0.6) is 0 Å². The number of hydrogen-bond donors (Lipinski definition) is 1. The van der Waals surface area contributed by atoms with Crippen molar-refractivity contribution in [1.29, 1.82) is 0 Å². The van der Waals surface area contributed by atoms with E-state index in [0.29, 0.717) is 18.7 Å². The van der Waals surface area contributed by atoms with Crippen molar-refractivity contribution in [2.75, 3.05) is 6.54 Å². The molecule has 0 atom stereocenters. The molecule has 0 amide bonds. The molecule has 1 aromatic rings. The first-order valence-electron chi connectivity index (χ1n) is 4.02. The summed E-state index contributed by atoms with van der Waals surface area (Å²) in [6.07, 6.45) is 0.639. The third-order valence-corrected chi connectivity index (χ3v) is 1.93. The molecule has 0 radical (unpaired) electrons. The highest BCUT2D eigenvalue weighted by atomic mass is 19.1. The molecule has 1 aromatic carbocycles. The molecule has 4 heteroatoms. The van der Waals surface area contributed by atoms with Crippen LogP contribution in [0, 0.1) is 11.6 Å². The predicted octanol–water partition coefficient (Wildman–Crippen LogP) is 1.66. The van der Waals surface area contributed by atoms with Gasteiger partial charge in [0.15, 0.2) is 0 Å². The minimum Gasteiger partial charge on any atom is -0.309 e. The van der Waals surface area contributed by atoms with E-state index in [-0.39, 0.29) is 5.56 Å². The molecule has 0 aromatic heterocycles. The molecule has 2 rings (SSSR count). The Morgan fingerprint density at radius 1 is 1.31 bits per heavy atom. The lowest BCUT2D eigenvalue weighted by Gasteiger charge is -2.00. The highest BCUT2D eigenvalue weighted by Crippen LogP contribution is 2.13. The van der Waals surface area contributed by atoms with Crippen LogP contribution >= 0.6 is 0 Å². The number of hydrazone groups is 1. The van der Waals surface area contributed by atoms with Crippen LogP contribution < -0.4 is 5.43 Å². The van der Waals surface area contributed by atoms with Gasteiger partial charge in [-0.1, -0.05) is 0 Å². The Hall–Kier alpha value is -1.45. The topological polar surface area (TPSA) is 24.4 Å². The third kappa shape index (κ3) is 1.52. The van der Waals surface area contributed by atoms with Crippen LogP contribution in [-0.2, 0) is 0 Å². The van der Waals surface area contributed by atoms with Gasteiger partial charge in [-0.05, 0) is 18.2 Å². The van der Waals surface area contributed by atoms with Crippen molar-refractivity contribution in [3.8, 4) is 0 Å². The Balaban J connectivity index is 2.43.